The summed E-state index contributed by atoms with van der Waals surface area (Å²) < 4.78 is 0. The number of carbonyl (C=O) groups excluding carboxylic acids is 2. The van der Waals surface area contributed by atoms with Crippen molar-refractivity contribution < 1.29 is 9.59 Å². The fourth-order valence-electron chi connectivity index (χ4n) is 4.16. The van der Waals surface area contributed by atoms with Gasteiger partial charge in [0.25, 0.3) is 11.8 Å². The summed E-state index contributed by atoms with van der Waals surface area (Å²) in [5.41, 5.74) is 1.70. The van der Waals surface area contributed by atoms with Crippen molar-refractivity contribution in [2.24, 2.45) is 5.41 Å². The lowest BCUT2D eigenvalue weighted by Crippen LogP contribution is -2.37. The largest absolute Gasteiger partial charge is 0.307 e. The average molecular weight is 437 g/mol. The summed E-state index contributed by atoms with van der Waals surface area (Å²) in [7, 11) is 0. The van der Waals surface area contributed by atoms with E-state index in [1.807, 2.05) is 26.0 Å². The summed E-state index contributed by atoms with van der Waals surface area (Å²) in [5.74, 6) is 5.77. The van der Waals surface area contributed by atoms with Crippen LogP contribution in [-0.4, -0.2) is 29.8 Å². The van der Waals surface area contributed by atoms with Crippen molar-refractivity contribution >= 4 is 22.6 Å². The third-order valence-corrected chi connectivity index (χ3v) is 5.88. The minimum absolute atomic E-state index is 0.207. The molecule has 0 bridgehead atoms. The van der Waals surface area contributed by atoms with E-state index in [4.69, 9.17) is 0 Å². The van der Waals surface area contributed by atoms with E-state index in [2.05, 4.69) is 66.5 Å². The van der Waals surface area contributed by atoms with Crippen molar-refractivity contribution in [3.8, 4) is 11.8 Å². The van der Waals surface area contributed by atoms with Crippen LogP contribution in [0, 0.1) is 17.3 Å². The molecule has 1 aliphatic rings. The summed E-state index contributed by atoms with van der Waals surface area (Å²) in [6.45, 7) is 7.00. The normalized spacial score (nSPS) is 14.5. The van der Waals surface area contributed by atoms with E-state index in [-0.39, 0.29) is 24.4 Å². The molecule has 0 fully saturated rings. The second-order valence-electron chi connectivity index (χ2n) is 9.00. The Bertz CT molecular complexity index is 1250. The maximum atomic E-state index is 12.6. The lowest BCUT2D eigenvalue weighted by molar-refractivity contribution is 0.0616. The number of fused-ring (bicyclic) bond motifs is 2. The molecule has 33 heavy (non-hydrogen) atoms. The number of allylic oxidation sites excluding steroid dienone is 1. The van der Waals surface area contributed by atoms with Crippen molar-refractivity contribution in [1.29, 1.82) is 0 Å². The zero-order valence-electron chi connectivity index (χ0n) is 19.3. The molecule has 1 aliphatic heterocycles. The first-order valence-electron chi connectivity index (χ1n) is 11.2. The Hall–Kier alpha value is -3.68. The molecule has 1 heterocycles. The molecule has 4 nitrogen and oxygen atoms in total. The van der Waals surface area contributed by atoms with Gasteiger partial charge in [-0.25, -0.2) is 0 Å². The zero-order chi connectivity index (χ0) is 23.4. The van der Waals surface area contributed by atoms with Crippen molar-refractivity contribution in [2.45, 2.75) is 26.8 Å². The number of carbonyl (C=O) groups is 2. The monoisotopic (exact) mass is 436 g/mol. The molecule has 2 amide bonds. The van der Waals surface area contributed by atoms with Gasteiger partial charge in [0.05, 0.1) is 11.1 Å². The van der Waals surface area contributed by atoms with Gasteiger partial charge in [0.15, 0.2) is 0 Å². The van der Waals surface area contributed by atoms with Crippen LogP contribution in [0.4, 0.5) is 0 Å². The molecule has 0 saturated heterocycles. The number of imide groups is 1. The van der Waals surface area contributed by atoms with Gasteiger partial charge in [-0.1, -0.05) is 72.5 Å². The van der Waals surface area contributed by atoms with Crippen LogP contribution in [0.5, 0.6) is 0 Å². The summed E-state index contributed by atoms with van der Waals surface area (Å²) in [5, 5.41) is 6.02. The zero-order valence-corrected chi connectivity index (χ0v) is 19.3. The lowest BCUT2D eigenvalue weighted by atomic mass is 9.93. The lowest BCUT2D eigenvalue weighted by Gasteiger charge is -2.24. The van der Waals surface area contributed by atoms with Gasteiger partial charge in [-0.15, -0.1) is 0 Å². The summed E-state index contributed by atoms with van der Waals surface area (Å²) in [4.78, 5) is 26.5. The minimum Gasteiger partial charge on any atom is -0.307 e. The van der Waals surface area contributed by atoms with Gasteiger partial charge in [0.1, 0.15) is 0 Å². The SMILES string of the molecule is C[C@@H](NCC=CC#CC(C)(C)CN1C(=O)c2ccccc2C1=O)c1cccc2ccccc12. The third-order valence-electron chi connectivity index (χ3n) is 5.88. The number of nitrogens with one attached hydrogen (secondary N) is 1. The molecule has 3 aromatic rings. The topological polar surface area (TPSA) is 49.4 Å². The average Bonchev–Trinajstić information content (AvgIpc) is 3.05. The highest BCUT2D eigenvalue weighted by Gasteiger charge is 2.37. The second kappa shape index (κ2) is 9.44. The third kappa shape index (κ3) is 4.89. The molecule has 0 aromatic heterocycles. The first-order chi connectivity index (χ1) is 15.9. The molecule has 166 valence electrons. The number of hydrogen-bond acceptors (Lipinski definition) is 3. The Balaban J connectivity index is 1.33. The number of rotatable bonds is 6. The van der Waals surface area contributed by atoms with E-state index in [1.54, 1.807) is 24.3 Å². The van der Waals surface area contributed by atoms with E-state index in [1.165, 1.54) is 21.2 Å². The Morgan fingerprint density at radius 1 is 0.939 bits per heavy atom. The highest BCUT2D eigenvalue weighted by molar-refractivity contribution is 6.21. The van der Waals surface area contributed by atoms with Crippen LogP contribution in [-0.2, 0) is 0 Å². The maximum Gasteiger partial charge on any atom is 0.261 e. The molecule has 3 aromatic carbocycles. The molecule has 0 spiro atoms. The van der Waals surface area contributed by atoms with Crippen LogP contribution >= 0.6 is 0 Å². The van der Waals surface area contributed by atoms with Gasteiger partial charge < -0.3 is 5.32 Å². The predicted octanol–water partition coefficient (Wildman–Crippen LogP) is 5.37. The molecule has 1 N–H and O–H groups in total. The number of hydrogen-bond donors (Lipinski definition) is 1. The second-order valence-corrected chi connectivity index (χ2v) is 9.00. The summed E-state index contributed by atoms with van der Waals surface area (Å²) in [6, 6.07) is 21.9. The molecule has 0 aliphatic carbocycles. The first kappa shape index (κ1) is 22.5. The minimum atomic E-state index is -0.513. The van der Waals surface area contributed by atoms with Gasteiger partial charge in [-0.05, 0) is 55.3 Å². The number of benzene rings is 3. The maximum absolute atomic E-state index is 12.6. The van der Waals surface area contributed by atoms with Crippen molar-refractivity contribution in [3.63, 3.8) is 0 Å². The van der Waals surface area contributed by atoms with E-state index in [0.717, 1.165) is 0 Å². The molecular weight excluding hydrogens is 408 g/mol. The van der Waals surface area contributed by atoms with Gasteiger partial charge in [-0.3, -0.25) is 14.5 Å². The van der Waals surface area contributed by atoms with Gasteiger partial charge in [0, 0.05) is 24.5 Å². The van der Waals surface area contributed by atoms with Crippen molar-refractivity contribution in [1.82, 2.24) is 10.2 Å². The van der Waals surface area contributed by atoms with E-state index < -0.39 is 5.41 Å². The van der Waals surface area contributed by atoms with Crippen LogP contribution in [0.15, 0.2) is 78.9 Å². The van der Waals surface area contributed by atoms with Crippen LogP contribution in [0.25, 0.3) is 10.8 Å². The molecular formula is C29H28N2O2. The highest BCUT2D eigenvalue weighted by atomic mass is 16.2. The van der Waals surface area contributed by atoms with Crippen LogP contribution in [0.1, 0.15) is 53.1 Å². The van der Waals surface area contributed by atoms with Gasteiger partial charge in [0.2, 0.25) is 0 Å². The molecule has 1 atom stereocenters. The fraction of sp³-hybridized carbons (Fsp3) is 0.241. The van der Waals surface area contributed by atoms with Crippen LogP contribution in [0.2, 0.25) is 0 Å². The molecule has 4 rings (SSSR count). The quantitative estimate of drug-likeness (QED) is 0.417. The Kier molecular flexibility index (Phi) is 6.44. The van der Waals surface area contributed by atoms with Gasteiger partial charge in [-0.2, -0.15) is 0 Å². The molecule has 0 radical (unpaired) electrons. The summed E-state index contributed by atoms with van der Waals surface area (Å²) in [6.07, 6.45) is 3.82. The Morgan fingerprint density at radius 2 is 1.58 bits per heavy atom. The molecule has 0 saturated carbocycles. The van der Waals surface area contributed by atoms with Crippen LogP contribution in [0.3, 0.4) is 0 Å². The summed E-state index contributed by atoms with van der Waals surface area (Å²) >= 11 is 0. The van der Waals surface area contributed by atoms with E-state index in [0.29, 0.717) is 17.7 Å². The van der Waals surface area contributed by atoms with Crippen molar-refractivity contribution in [2.75, 3.05) is 13.1 Å². The predicted molar refractivity (Wildman–Crippen MR) is 133 cm³/mol. The standard InChI is InChI=1S/C29H28N2O2/c1-21(23-17-11-13-22-12-5-6-14-24(22)23)30-19-10-4-9-18-29(2,3)20-31-27(32)25-15-7-8-16-26(25)28(31)33/h4-8,10-17,21,30H,19-20H2,1-3H3/t21-/m1/s1. The van der Waals surface area contributed by atoms with E-state index in [9.17, 15) is 9.59 Å². The smallest absolute Gasteiger partial charge is 0.261 e. The van der Waals surface area contributed by atoms with Crippen LogP contribution < -0.4 is 5.32 Å². The van der Waals surface area contributed by atoms with E-state index >= 15 is 0 Å². The fourth-order valence-corrected chi connectivity index (χ4v) is 4.16. The Morgan fingerprint density at radius 3 is 2.30 bits per heavy atom. The molecule has 0 unspecified atom stereocenters. The Labute approximate surface area is 195 Å². The first-order valence-corrected chi connectivity index (χ1v) is 11.2. The highest BCUT2D eigenvalue weighted by Crippen LogP contribution is 2.27. The van der Waals surface area contributed by atoms with Crippen molar-refractivity contribution in [3.05, 3.63) is 95.6 Å². The van der Waals surface area contributed by atoms with Gasteiger partial charge >= 0.3 is 0 Å². The number of amides is 2. The number of nitrogens with zero attached hydrogens (tertiary/aromatic N) is 1. The molecule has 4 heteroatoms.